The summed E-state index contributed by atoms with van der Waals surface area (Å²) >= 11 is 0. The van der Waals surface area contributed by atoms with Gasteiger partial charge in [0, 0.05) is 0 Å². The molecule has 6 nitrogen and oxygen atoms in total. The molecule has 2 aromatic rings. The Kier molecular flexibility index (Phi) is 4.72. The van der Waals surface area contributed by atoms with Crippen LogP contribution in [0, 0.1) is 0 Å². The molecule has 2 aromatic carbocycles. The normalized spacial score (nSPS) is 19.1. The van der Waals surface area contributed by atoms with E-state index in [0.717, 1.165) is 5.56 Å². The van der Waals surface area contributed by atoms with E-state index in [1.165, 1.54) is 19.1 Å². The first kappa shape index (κ1) is 17.0. The SMILES string of the molecule is CC(=O)C1NC(C(=O)OCc2ccccc2)Cc2cc(O)c(O)cc21. The second kappa shape index (κ2) is 6.94. The van der Waals surface area contributed by atoms with Crippen LogP contribution in [0.2, 0.25) is 0 Å². The minimum Gasteiger partial charge on any atom is -0.504 e. The van der Waals surface area contributed by atoms with Gasteiger partial charge >= 0.3 is 5.97 Å². The first-order valence-electron chi connectivity index (χ1n) is 7.97. The Morgan fingerprint density at radius 2 is 1.84 bits per heavy atom. The quantitative estimate of drug-likeness (QED) is 0.581. The number of hydrogen-bond acceptors (Lipinski definition) is 6. The van der Waals surface area contributed by atoms with E-state index in [1.807, 2.05) is 30.3 Å². The zero-order valence-electron chi connectivity index (χ0n) is 13.7. The van der Waals surface area contributed by atoms with Crippen molar-refractivity contribution in [1.29, 1.82) is 0 Å². The molecule has 0 spiro atoms. The van der Waals surface area contributed by atoms with Crippen LogP contribution in [0.5, 0.6) is 11.5 Å². The van der Waals surface area contributed by atoms with Gasteiger partial charge in [0.15, 0.2) is 17.3 Å². The average molecular weight is 341 g/mol. The Morgan fingerprint density at radius 3 is 2.52 bits per heavy atom. The molecule has 6 heteroatoms. The lowest BCUT2D eigenvalue weighted by atomic mass is 9.88. The molecule has 0 aliphatic carbocycles. The summed E-state index contributed by atoms with van der Waals surface area (Å²) < 4.78 is 5.34. The van der Waals surface area contributed by atoms with Gasteiger partial charge in [-0.05, 0) is 42.2 Å². The standard InChI is InChI=1S/C19H19NO5/c1-11(21)18-14-9-17(23)16(22)8-13(14)7-15(20-18)19(24)25-10-12-5-3-2-4-6-12/h2-6,8-9,15,18,20,22-23H,7,10H2,1H3. The fourth-order valence-corrected chi connectivity index (χ4v) is 2.97. The Labute approximate surface area is 145 Å². The van der Waals surface area contributed by atoms with Crippen molar-refractivity contribution in [3.05, 3.63) is 59.2 Å². The maximum Gasteiger partial charge on any atom is 0.323 e. The molecule has 25 heavy (non-hydrogen) atoms. The van der Waals surface area contributed by atoms with E-state index in [9.17, 15) is 19.8 Å². The monoisotopic (exact) mass is 341 g/mol. The molecule has 0 radical (unpaired) electrons. The number of esters is 1. The fourth-order valence-electron chi connectivity index (χ4n) is 2.97. The third-order valence-electron chi connectivity index (χ3n) is 4.25. The Balaban J connectivity index is 1.78. The first-order valence-corrected chi connectivity index (χ1v) is 7.97. The van der Waals surface area contributed by atoms with Gasteiger partial charge in [0.05, 0.1) is 6.04 Å². The fraction of sp³-hybridized carbons (Fsp3) is 0.263. The summed E-state index contributed by atoms with van der Waals surface area (Å²) in [5, 5.41) is 22.4. The molecule has 1 aliphatic rings. The zero-order valence-corrected chi connectivity index (χ0v) is 13.7. The predicted octanol–water partition coefficient (Wildman–Crippen LogP) is 1.99. The van der Waals surface area contributed by atoms with Gasteiger partial charge in [-0.1, -0.05) is 30.3 Å². The van der Waals surface area contributed by atoms with E-state index >= 15 is 0 Å². The van der Waals surface area contributed by atoms with Crippen molar-refractivity contribution in [3.63, 3.8) is 0 Å². The molecule has 1 aliphatic heterocycles. The van der Waals surface area contributed by atoms with E-state index in [1.54, 1.807) is 0 Å². The van der Waals surface area contributed by atoms with E-state index in [-0.39, 0.29) is 30.3 Å². The highest BCUT2D eigenvalue weighted by atomic mass is 16.5. The van der Waals surface area contributed by atoms with Gasteiger partial charge in [-0.25, -0.2) is 0 Å². The van der Waals surface area contributed by atoms with Crippen molar-refractivity contribution in [2.24, 2.45) is 0 Å². The Hall–Kier alpha value is -2.86. The molecule has 0 amide bonds. The van der Waals surface area contributed by atoms with Gasteiger partial charge in [0.1, 0.15) is 12.6 Å². The summed E-state index contributed by atoms with van der Waals surface area (Å²) in [5.41, 5.74) is 2.07. The van der Waals surface area contributed by atoms with Gasteiger partial charge in [-0.2, -0.15) is 0 Å². The second-order valence-electron chi connectivity index (χ2n) is 6.10. The number of hydrogen-bond donors (Lipinski definition) is 3. The average Bonchev–Trinajstić information content (AvgIpc) is 2.60. The molecule has 0 saturated carbocycles. The number of ether oxygens (including phenoxy) is 1. The summed E-state index contributed by atoms with van der Waals surface area (Å²) in [7, 11) is 0. The maximum absolute atomic E-state index is 12.4. The predicted molar refractivity (Wildman–Crippen MR) is 90.1 cm³/mol. The summed E-state index contributed by atoms with van der Waals surface area (Å²) in [6.07, 6.45) is 0.264. The topological polar surface area (TPSA) is 95.9 Å². The van der Waals surface area contributed by atoms with E-state index in [0.29, 0.717) is 11.1 Å². The molecule has 0 fully saturated rings. The Bertz CT molecular complexity index is 803. The molecule has 1 heterocycles. The van der Waals surface area contributed by atoms with Crippen molar-refractivity contribution >= 4 is 11.8 Å². The van der Waals surface area contributed by atoms with Crippen LogP contribution < -0.4 is 5.32 Å². The number of carbonyl (C=O) groups excluding carboxylic acids is 2. The summed E-state index contributed by atoms with van der Waals surface area (Å²) in [6.45, 7) is 1.55. The van der Waals surface area contributed by atoms with E-state index in [2.05, 4.69) is 5.32 Å². The van der Waals surface area contributed by atoms with Gasteiger partial charge in [-0.15, -0.1) is 0 Å². The van der Waals surface area contributed by atoms with Crippen molar-refractivity contribution in [2.45, 2.75) is 32.0 Å². The third kappa shape index (κ3) is 3.64. The minimum absolute atomic E-state index is 0.149. The molecule has 0 aromatic heterocycles. The number of rotatable bonds is 4. The van der Waals surface area contributed by atoms with Crippen LogP contribution in [0.15, 0.2) is 42.5 Å². The smallest absolute Gasteiger partial charge is 0.323 e. The van der Waals surface area contributed by atoms with Crippen molar-refractivity contribution in [1.82, 2.24) is 5.32 Å². The summed E-state index contributed by atoms with van der Waals surface area (Å²) in [5.74, 6) is -1.23. The molecule has 2 atom stereocenters. The molecule has 2 unspecified atom stereocenters. The van der Waals surface area contributed by atoms with Gasteiger partial charge < -0.3 is 14.9 Å². The number of phenols is 2. The van der Waals surface area contributed by atoms with Crippen LogP contribution in [0.1, 0.15) is 29.7 Å². The molecule has 130 valence electrons. The molecular formula is C19H19NO5. The van der Waals surface area contributed by atoms with Crippen molar-refractivity contribution in [2.75, 3.05) is 0 Å². The first-order chi connectivity index (χ1) is 12.0. The van der Waals surface area contributed by atoms with Crippen molar-refractivity contribution in [3.8, 4) is 11.5 Å². The number of ketones is 1. The van der Waals surface area contributed by atoms with Crippen LogP contribution in [0.4, 0.5) is 0 Å². The number of benzene rings is 2. The Morgan fingerprint density at radius 1 is 1.16 bits per heavy atom. The van der Waals surface area contributed by atoms with Crippen molar-refractivity contribution < 1.29 is 24.5 Å². The van der Waals surface area contributed by atoms with Gasteiger partial charge in [0.2, 0.25) is 0 Å². The number of carbonyl (C=O) groups is 2. The maximum atomic E-state index is 12.4. The van der Waals surface area contributed by atoms with Crippen LogP contribution >= 0.6 is 0 Å². The lowest BCUT2D eigenvalue weighted by Crippen LogP contribution is -2.47. The zero-order chi connectivity index (χ0) is 18.0. The van der Waals surface area contributed by atoms with Gasteiger partial charge in [-0.3, -0.25) is 14.9 Å². The highest BCUT2D eigenvalue weighted by molar-refractivity contribution is 5.86. The van der Waals surface area contributed by atoms with Crippen LogP contribution in [-0.2, 0) is 27.4 Å². The van der Waals surface area contributed by atoms with Crippen LogP contribution in [-0.4, -0.2) is 28.0 Å². The van der Waals surface area contributed by atoms with E-state index in [4.69, 9.17) is 4.74 Å². The molecule has 0 bridgehead atoms. The lowest BCUT2D eigenvalue weighted by Gasteiger charge is -2.31. The third-order valence-corrected chi connectivity index (χ3v) is 4.25. The van der Waals surface area contributed by atoms with E-state index < -0.39 is 18.1 Å². The van der Waals surface area contributed by atoms with Gasteiger partial charge in [0.25, 0.3) is 0 Å². The van der Waals surface area contributed by atoms with Crippen LogP contribution in [0.25, 0.3) is 0 Å². The highest BCUT2D eigenvalue weighted by Gasteiger charge is 2.34. The largest absolute Gasteiger partial charge is 0.504 e. The number of phenolic OH excluding ortho intramolecular Hbond substituents is 2. The number of Topliss-reactive ketones (excluding diaryl/α,β-unsaturated/α-hetero) is 1. The number of fused-ring (bicyclic) bond motifs is 1. The molecule has 0 saturated heterocycles. The lowest BCUT2D eigenvalue weighted by molar-refractivity contribution is -0.148. The molecule has 3 rings (SSSR count). The van der Waals surface area contributed by atoms with Crippen LogP contribution in [0.3, 0.4) is 0 Å². The summed E-state index contributed by atoms with van der Waals surface area (Å²) in [4.78, 5) is 24.3. The number of nitrogens with one attached hydrogen (secondary N) is 1. The minimum atomic E-state index is -0.732. The molecule has 3 N–H and O–H groups in total. The highest BCUT2D eigenvalue weighted by Crippen LogP contribution is 2.35. The molecular weight excluding hydrogens is 322 g/mol. The number of aromatic hydroxyl groups is 2. The second-order valence-corrected chi connectivity index (χ2v) is 6.10. The summed E-state index contributed by atoms with van der Waals surface area (Å²) in [6, 6.07) is 10.6.